The highest BCUT2D eigenvalue weighted by atomic mass is 16.3. The molecule has 0 saturated carbocycles. The number of hydrogen-bond acceptors (Lipinski definition) is 1. The van der Waals surface area contributed by atoms with E-state index < -0.39 is 0 Å². The van der Waals surface area contributed by atoms with Gasteiger partial charge in [0.25, 0.3) is 0 Å². The zero-order valence-corrected chi connectivity index (χ0v) is 24.9. The minimum Gasteiger partial charge on any atom is -0.508 e. The first kappa shape index (κ1) is 33.0. The topological polar surface area (TPSA) is 20.2 Å². The molecule has 1 nitrogen and oxygen atoms in total. The standard InChI is InChI=1S/C35H64O/c1-4-7-10-13-16-17-18-21-24-29-33(34-30-25-26-31-35(34)36)32(27-22-19-14-11-8-5-2)28-23-20-15-12-9-6-3/h25-26,30-33,36H,4-24,27-29H2,1-3H3. The van der Waals surface area contributed by atoms with E-state index in [1.54, 1.807) is 0 Å². The van der Waals surface area contributed by atoms with Crippen LogP contribution < -0.4 is 0 Å². The van der Waals surface area contributed by atoms with E-state index >= 15 is 0 Å². The van der Waals surface area contributed by atoms with Crippen molar-refractivity contribution >= 4 is 0 Å². The van der Waals surface area contributed by atoms with Gasteiger partial charge in [0.1, 0.15) is 5.75 Å². The lowest BCUT2D eigenvalue weighted by atomic mass is 9.76. The maximum Gasteiger partial charge on any atom is 0.119 e. The van der Waals surface area contributed by atoms with E-state index in [-0.39, 0.29) is 0 Å². The molecular formula is C35H64O. The van der Waals surface area contributed by atoms with E-state index in [9.17, 15) is 5.11 Å². The van der Waals surface area contributed by atoms with E-state index in [0.29, 0.717) is 11.7 Å². The summed E-state index contributed by atoms with van der Waals surface area (Å²) in [6, 6.07) is 8.28. The Morgan fingerprint density at radius 1 is 0.472 bits per heavy atom. The lowest BCUT2D eigenvalue weighted by molar-refractivity contribution is 0.314. The predicted molar refractivity (Wildman–Crippen MR) is 162 cm³/mol. The van der Waals surface area contributed by atoms with Gasteiger partial charge in [0.15, 0.2) is 0 Å². The maximum atomic E-state index is 10.8. The van der Waals surface area contributed by atoms with E-state index in [1.807, 2.05) is 12.1 Å². The minimum atomic E-state index is 0.530. The quantitative estimate of drug-likeness (QED) is 0.125. The van der Waals surface area contributed by atoms with Crippen LogP contribution in [0.2, 0.25) is 0 Å². The van der Waals surface area contributed by atoms with Crippen LogP contribution in [0.5, 0.6) is 5.75 Å². The molecule has 0 fully saturated rings. The molecule has 0 aliphatic carbocycles. The van der Waals surface area contributed by atoms with Crippen LogP contribution in [0.25, 0.3) is 0 Å². The number of hydrogen-bond donors (Lipinski definition) is 1. The number of rotatable bonds is 26. The van der Waals surface area contributed by atoms with Crippen LogP contribution in [0.4, 0.5) is 0 Å². The van der Waals surface area contributed by atoms with Gasteiger partial charge in [-0.25, -0.2) is 0 Å². The van der Waals surface area contributed by atoms with Gasteiger partial charge in [-0.1, -0.05) is 174 Å². The molecule has 36 heavy (non-hydrogen) atoms. The van der Waals surface area contributed by atoms with Crippen molar-refractivity contribution in [2.45, 2.75) is 181 Å². The average Bonchev–Trinajstić information content (AvgIpc) is 2.89. The second-order valence-corrected chi connectivity index (χ2v) is 11.7. The molecule has 0 aliphatic heterocycles. The zero-order chi connectivity index (χ0) is 26.1. The Kier molecular flexibility index (Phi) is 22.4. The monoisotopic (exact) mass is 500 g/mol. The van der Waals surface area contributed by atoms with Crippen molar-refractivity contribution in [3.63, 3.8) is 0 Å². The number of unbranched alkanes of at least 4 members (excludes halogenated alkanes) is 18. The van der Waals surface area contributed by atoms with Crippen LogP contribution in [0.15, 0.2) is 24.3 Å². The third-order valence-electron chi connectivity index (χ3n) is 8.38. The summed E-state index contributed by atoms with van der Waals surface area (Å²) in [5.41, 5.74) is 1.24. The lowest BCUT2D eigenvalue weighted by Gasteiger charge is -2.29. The Morgan fingerprint density at radius 3 is 1.25 bits per heavy atom. The van der Waals surface area contributed by atoms with E-state index in [2.05, 4.69) is 32.9 Å². The predicted octanol–water partition coefficient (Wildman–Crippen LogP) is 12.5. The summed E-state index contributed by atoms with van der Waals surface area (Å²) in [4.78, 5) is 0. The molecule has 1 N–H and O–H groups in total. The molecular weight excluding hydrogens is 436 g/mol. The lowest BCUT2D eigenvalue weighted by Crippen LogP contribution is -2.14. The first-order chi connectivity index (χ1) is 17.7. The van der Waals surface area contributed by atoms with Crippen LogP contribution in [-0.4, -0.2) is 5.11 Å². The summed E-state index contributed by atoms with van der Waals surface area (Å²) < 4.78 is 0. The van der Waals surface area contributed by atoms with Gasteiger partial charge in [0.2, 0.25) is 0 Å². The Hall–Kier alpha value is -0.980. The molecule has 0 aromatic heterocycles. The highest BCUT2D eigenvalue weighted by Gasteiger charge is 2.24. The summed E-state index contributed by atoms with van der Waals surface area (Å²) in [5, 5.41) is 10.8. The van der Waals surface area contributed by atoms with Gasteiger partial charge in [-0.15, -0.1) is 0 Å². The summed E-state index contributed by atoms with van der Waals surface area (Å²) >= 11 is 0. The summed E-state index contributed by atoms with van der Waals surface area (Å²) in [5.74, 6) is 1.79. The van der Waals surface area contributed by atoms with Gasteiger partial charge >= 0.3 is 0 Å². The molecule has 0 amide bonds. The third-order valence-corrected chi connectivity index (χ3v) is 8.38. The average molecular weight is 501 g/mol. The molecule has 1 heteroatoms. The van der Waals surface area contributed by atoms with Crippen molar-refractivity contribution in [1.29, 1.82) is 0 Å². The van der Waals surface area contributed by atoms with Gasteiger partial charge < -0.3 is 5.11 Å². The summed E-state index contributed by atoms with van der Waals surface area (Å²) in [7, 11) is 0. The van der Waals surface area contributed by atoms with Crippen LogP contribution in [-0.2, 0) is 0 Å². The number of phenolic OH excluding ortho intramolecular Hbond substituents is 1. The van der Waals surface area contributed by atoms with Crippen LogP contribution >= 0.6 is 0 Å². The van der Waals surface area contributed by atoms with Crippen molar-refractivity contribution in [2.75, 3.05) is 0 Å². The molecule has 210 valence electrons. The van der Waals surface area contributed by atoms with Crippen LogP contribution in [0.1, 0.15) is 186 Å². The molecule has 1 rings (SSSR count). The van der Waals surface area contributed by atoms with Crippen LogP contribution in [0.3, 0.4) is 0 Å². The molecule has 0 spiro atoms. The third kappa shape index (κ3) is 16.7. The second-order valence-electron chi connectivity index (χ2n) is 11.7. The highest BCUT2D eigenvalue weighted by molar-refractivity contribution is 5.35. The molecule has 0 saturated heterocycles. The summed E-state index contributed by atoms with van der Waals surface area (Å²) in [6.07, 6.45) is 33.0. The SMILES string of the molecule is CCCCCCCCCCCC(c1ccccc1O)C(CCCCCCCC)CCCCCCCC. The summed E-state index contributed by atoms with van der Waals surface area (Å²) in [6.45, 7) is 6.91. The first-order valence-corrected chi connectivity index (χ1v) is 16.5. The number of phenols is 1. The van der Waals surface area contributed by atoms with Crippen molar-refractivity contribution < 1.29 is 5.11 Å². The number of para-hydroxylation sites is 1. The molecule has 0 radical (unpaired) electrons. The fraction of sp³-hybridized carbons (Fsp3) is 0.829. The smallest absolute Gasteiger partial charge is 0.119 e. The van der Waals surface area contributed by atoms with Gasteiger partial charge in [0.05, 0.1) is 0 Å². The van der Waals surface area contributed by atoms with Gasteiger partial charge in [-0.2, -0.15) is 0 Å². The Bertz CT molecular complexity index is 564. The molecule has 1 atom stereocenters. The molecule has 1 aromatic rings. The van der Waals surface area contributed by atoms with E-state index in [4.69, 9.17) is 0 Å². The van der Waals surface area contributed by atoms with Crippen molar-refractivity contribution in [3.05, 3.63) is 29.8 Å². The Morgan fingerprint density at radius 2 is 0.833 bits per heavy atom. The van der Waals surface area contributed by atoms with Gasteiger partial charge in [0, 0.05) is 0 Å². The minimum absolute atomic E-state index is 0.530. The van der Waals surface area contributed by atoms with Gasteiger partial charge in [-0.3, -0.25) is 0 Å². The van der Waals surface area contributed by atoms with Crippen molar-refractivity contribution in [3.8, 4) is 5.75 Å². The maximum absolute atomic E-state index is 10.8. The molecule has 1 aromatic carbocycles. The van der Waals surface area contributed by atoms with Crippen LogP contribution in [0, 0.1) is 5.92 Å². The van der Waals surface area contributed by atoms with Crippen molar-refractivity contribution in [2.24, 2.45) is 5.92 Å². The fourth-order valence-electron chi connectivity index (χ4n) is 6.04. The number of aromatic hydroxyl groups is 1. The Balaban J connectivity index is 2.67. The fourth-order valence-corrected chi connectivity index (χ4v) is 6.04. The first-order valence-electron chi connectivity index (χ1n) is 16.5. The largest absolute Gasteiger partial charge is 0.508 e. The van der Waals surface area contributed by atoms with E-state index in [0.717, 1.165) is 5.92 Å². The second kappa shape index (κ2) is 24.4. The molecule has 0 aliphatic rings. The zero-order valence-electron chi connectivity index (χ0n) is 24.9. The van der Waals surface area contributed by atoms with Crippen molar-refractivity contribution in [1.82, 2.24) is 0 Å². The Labute approximate surface area is 227 Å². The molecule has 0 bridgehead atoms. The molecule has 1 unspecified atom stereocenters. The number of benzene rings is 1. The van der Waals surface area contributed by atoms with Gasteiger partial charge in [-0.05, 0) is 42.7 Å². The molecule has 0 heterocycles. The van der Waals surface area contributed by atoms with E-state index in [1.165, 1.54) is 160 Å². The normalized spacial score (nSPS) is 12.4. The highest BCUT2D eigenvalue weighted by Crippen LogP contribution is 2.40.